The van der Waals surface area contributed by atoms with Gasteiger partial charge in [-0.25, -0.2) is 4.79 Å². The maximum Gasteiger partial charge on any atom is 0.407 e. The lowest BCUT2D eigenvalue weighted by atomic mass is 9.87. The molecule has 0 spiro atoms. The van der Waals surface area contributed by atoms with Crippen molar-refractivity contribution in [3.63, 3.8) is 0 Å². The third kappa shape index (κ3) is 6.29. The van der Waals surface area contributed by atoms with Crippen LogP contribution in [0.25, 0.3) is 0 Å². The summed E-state index contributed by atoms with van der Waals surface area (Å²) in [6, 6.07) is 13.8. The van der Waals surface area contributed by atoms with E-state index in [2.05, 4.69) is 36.2 Å². The molecule has 0 atom stereocenters. The van der Waals surface area contributed by atoms with Gasteiger partial charge in [0.2, 0.25) is 0 Å². The third-order valence-corrected chi connectivity index (χ3v) is 4.91. The Morgan fingerprint density at radius 3 is 2.66 bits per heavy atom. The van der Waals surface area contributed by atoms with Crippen LogP contribution in [0.15, 0.2) is 42.5 Å². The number of hydrogen-bond acceptors (Lipinski definition) is 3. The lowest BCUT2D eigenvalue weighted by Crippen LogP contribution is -2.24. The van der Waals surface area contributed by atoms with Gasteiger partial charge in [0.1, 0.15) is 12.4 Å². The topological polar surface area (TPSA) is 47.6 Å². The Morgan fingerprint density at radius 1 is 1.07 bits per heavy atom. The Morgan fingerprint density at radius 2 is 1.86 bits per heavy atom. The first-order valence-corrected chi connectivity index (χ1v) is 10.5. The minimum absolute atomic E-state index is 0.275. The summed E-state index contributed by atoms with van der Waals surface area (Å²) in [5, 5.41) is 2.75. The summed E-state index contributed by atoms with van der Waals surface area (Å²) in [6.45, 7) is 3.62. The average molecular weight is 392 g/mol. The molecule has 0 heterocycles. The van der Waals surface area contributed by atoms with Crippen molar-refractivity contribution in [2.75, 3.05) is 13.2 Å². The van der Waals surface area contributed by atoms with Crippen LogP contribution in [-0.2, 0) is 24.2 Å². The monoisotopic (exact) mass is 391 g/mol. The SMILES string of the molecule is CCCOc1ccc(C#CCCNC(=O)OCc2ccccc2)c2c1CCCC2. The van der Waals surface area contributed by atoms with Crippen molar-refractivity contribution in [1.29, 1.82) is 0 Å². The molecule has 1 aliphatic rings. The van der Waals surface area contributed by atoms with E-state index in [0.29, 0.717) is 13.0 Å². The highest BCUT2D eigenvalue weighted by Crippen LogP contribution is 2.32. The van der Waals surface area contributed by atoms with Crippen LogP contribution < -0.4 is 10.1 Å². The highest BCUT2D eigenvalue weighted by Gasteiger charge is 2.17. The number of alkyl carbamates (subject to hydrolysis) is 1. The predicted octanol–water partition coefficient (Wildman–Crippen LogP) is 5.02. The van der Waals surface area contributed by atoms with Gasteiger partial charge in [-0.3, -0.25) is 0 Å². The van der Waals surface area contributed by atoms with E-state index in [4.69, 9.17) is 9.47 Å². The molecule has 2 aromatic rings. The first kappa shape index (κ1) is 20.8. The number of carbonyl (C=O) groups is 1. The van der Waals surface area contributed by atoms with Gasteiger partial charge in [-0.15, -0.1) is 0 Å². The van der Waals surface area contributed by atoms with Gasteiger partial charge in [0.15, 0.2) is 0 Å². The maximum absolute atomic E-state index is 11.8. The zero-order chi connectivity index (χ0) is 20.3. The van der Waals surface area contributed by atoms with Gasteiger partial charge in [-0.2, -0.15) is 0 Å². The number of benzene rings is 2. The molecule has 3 rings (SSSR count). The van der Waals surface area contributed by atoms with Gasteiger partial charge < -0.3 is 14.8 Å². The molecular formula is C25H29NO3. The first-order chi connectivity index (χ1) is 14.3. The standard InChI is InChI=1S/C25H29NO3/c1-2-18-28-24-16-15-21(22-13-6-7-14-23(22)24)12-8-9-17-26-25(27)29-19-20-10-4-3-5-11-20/h3-5,10-11,15-16H,2,6-7,9,13-14,17-19H2,1H3,(H,26,27). The molecule has 1 amide bonds. The summed E-state index contributed by atoms with van der Waals surface area (Å²) in [6.07, 6.45) is 5.73. The van der Waals surface area contributed by atoms with E-state index < -0.39 is 6.09 Å². The maximum atomic E-state index is 11.8. The molecule has 1 N–H and O–H groups in total. The second kappa shape index (κ2) is 11.2. The summed E-state index contributed by atoms with van der Waals surface area (Å²) < 4.78 is 11.1. The molecule has 2 aromatic carbocycles. The molecule has 1 aliphatic carbocycles. The predicted molar refractivity (Wildman–Crippen MR) is 115 cm³/mol. The number of fused-ring (bicyclic) bond motifs is 1. The van der Waals surface area contributed by atoms with E-state index in [0.717, 1.165) is 42.7 Å². The number of amides is 1. The highest BCUT2D eigenvalue weighted by atomic mass is 16.5. The van der Waals surface area contributed by atoms with Crippen LogP contribution in [0.2, 0.25) is 0 Å². The van der Waals surface area contributed by atoms with Crippen LogP contribution in [-0.4, -0.2) is 19.2 Å². The van der Waals surface area contributed by atoms with Crippen LogP contribution in [0, 0.1) is 11.8 Å². The van der Waals surface area contributed by atoms with Gasteiger partial charge in [-0.05, 0) is 60.9 Å². The fourth-order valence-corrected chi connectivity index (χ4v) is 3.46. The van der Waals surface area contributed by atoms with E-state index in [9.17, 15) is 4.79 Å². The number of ether oxygens (including phenoxy) is 2. The molecule has 4 nitrogen and oxygen atoms in total. The molecule has 0 bridgehead atoms. The molecule has 29 heavy (non-hydrogen) atoms. The molecular weight excluding hydrogens is 362 g/mol. The van der Waals surface area contributed by atoms with Gasteiger partial charge in [0.25, 0.3) is 0 Å². The fourth-order valence-electron chi connectivity index (χ4n) is 3.46. The van der Waals surface area contributed by atoms with Crippen molar-refractivity contribution < 1.29 is 14.3 Å². The molecule has 0 unspecified atom stereocenters. The number of carbonyl (C=O) groups excluding carboxylic acids is 1. The van der Waals surface area contributed by atoms with E-state index in [1.54, 1.807) is 0 Å². The van der Waals surface area contributed by atoms with Gasteiger partial charge in [0.05, 0.1) is 6.61 Å². The summed E-state index contributed by atoms with van der Waals surface area (Å²) in [5.41, 5.74) is 4.74. The van der Waals surface area contributed by atoms with Crippen molar-refractivity contribution in [3.05, 3.63) is 64.7 Å². The van der Waals surface area contributed by atoms with E-state index in [-0.39, 0.29) is 6.61 Å². The normalized spacial score (nSPS) is 12.3. The zero-order valence-corrected chi connectivity index (χ0v) is 17.1. The van der Waals surface area contributed by atoms with Crippen LogP contribution in [0.3, 0.4) is 0 Å². The summed E-state index contributed by atoms with van der Waals surface area (Å²) in [4.78, 5) is 11.8. The molecule has 4 heteroatoms. The number of hydrogen-bond donors (Lipinski definition) is 1. The Hall–Kier alpha value is -2.93. The number of nitrogens with one attached hydrogen (secondary N) is 1. The molecule has 0 saturated heterocycles. The van der Waals surface area contributed by atoms with Crippen LogP contribution >= 0.6 is 0 Å². The smallest absolute Gasteiger partial charge is 0.407 e. The molecule has 152 valence electrons. The van der Waals surface area contributed by atoms with E-state index >= 15 is 0 Å². The summed E-state index contributed by atoms with van der Waals surface area (Å²) in [5.74, 6) is 7.50. The Kier molecular flexibility index (Phi) is 8.01. The zero-order valence-electron chi connectivity index (χ0n) is 17.1. The lowest BCUT2D eigenvalue weighted by Gasteiger charge is -2.21. The molecule has 0 aliphatic heterocycles. The average Bonchev–Trinajstić information content (AvgIpc) is 2.77. The number of rotatable bonds is 7. The van der Waals surface area contributed by atoms with Crippen LogP contribution in [0.1, 0.15) is 54.9 Å². The van der Waals surface area contributed by atoms with Crippen molar-refractivity contribution in [3.8, 4) is 17.6 Å². The summed E-state index contributed by atoms with van der Waals surface area (Å²) in [7, 11) is 0. The highest BCUT2D eigenvalue weighted by molar-refractivity contribution is 5.67. The Labute approximate surface area is 173 Å². The third-order valence-electron chi connectivity index (χ3n) is 4.91. The van der Waals surface area contributed by atoms with Crippen molar-refractivity contribution >= 4 is 6.09 Å². The largest absolute Gasteiger partial charge is 0.493 e. The van der Waals surface area contributed by atoms with Crippen LogP contribution in [0.4, 0.5) is 4.79 Å². The van der Waals surface area contributed by atoms with Gasteiger partial charge >= 0.3 is 6.09 Å². The second-order valence-corrected chi connectivity index (χ2v) is 7.16. The quantitative estimate of drug-likeness (QED) is 0.532. The van der Waals surface area contributed by atoms with Gasteiger partial charge in [-0.1, -0.05) is 49.1 Å². The van der Waals surface area contributed by atoms with E-state index in [1.165, 1.54) is 24.0 Å². The van der Waals surface area contributed by atoms with Crippen molar-refractivity contribution in [2.24, 2.45) is 0 Å². The molecule has 0 saturated carbocycles. The van der Waals surface area contributed by atoms with Crippen molar-refractivity contribution in [1.82, 2.24) is 5.32 Å². The first-order valence-electron chi connectivity index (χ1n) is 10.5. The fraction of sp³-hybridized carbons (Fsp3) is 0.400. The summed E-state index contributed by atoms with van der Waals surface area (Å²) >= 11 is 0. The Bertz CT molecular complexity index is 865. The van der Waals surface area contributed by atoms with Crippen LogP contribution in [0.5, 0.6) is 5.75 Å². The Balaban J connectivity index is 1.49. The minimum atomic E-state index is -0.412. The second-order valence-electron chi connectivity index (χ2n) is 7.16. The van der Waals surface area contributed by atoms with Gasteiger partial charge in [0, 0.05) is 18.5 Å². The molecule has 0 aromatic heterocycles. The van der Waals surface area contributed by atoms with E-state index in [1.807, 2.05) is 30.3 Å². The molecule has 0 fully saturated rings. The minimum Gasteiger partial charge on any atom is -0.493 e. The lowest BCUT2D eigenvalue weighted by molar-refractivity contribution is 0.140. The van der Waals surface area contributed by atoms with Crippen molar-refractivity contribution in [2.45, 2.75) is 52.1 Å². The molecule has 0 radical (unpaired) electrons.